The number of carbonyl (C=O) groups excluding carboxylic acids is 1. The maximum atomic E-state index is 11.1. The second kappa shape index (κ2) is 10.1. The van der Waals surface area contributed by atoms with Crippen LogP contribution in [0.25, 0.3) is 11.4 Å². The highest BCUT2D eigenvalue weighted by Gasteiger charge is 2.24. The summed E-state index contributed by atoms with van der Waals surface area (Å²) in [6.07, 6.45) is 12.7. The molecule has 2 fully saturated rings. The molecule has 0 spiro atoms. The molecule has 8 heteroatoms. The number of ether oxygens (including phenoxy) is 2. The number of aromatic nitrogens is 3. The maximum absolute atomic E-state index is 11.1. The number of hydrogen-bond acceptors (Lipinski definition) is 8. The van der Waals surface area contributed by atoms with Crippen LogP contribution in [0.1, 0.15) is 62.7 Å². The van der Waals surface area contributed by atoms with Crippen molar-refractivity contribution in [1.82, 2.24) is 20.0 Å². The Morgan fingerprint density at radius 3 is 2.75 bits per heavy atom. The molecule has 0 bridgehead atoms. The first-order chi connectivity index (χ1) is 15.5. The topological polar surface area (TPSA) is 90.6 Å². The van der Waals surface area contributed by atoms with Gasteiger partial charge in [-0.2, -0.15) is 0 Å². The van der Waals surface area contributed by atoms with Crippen molar-refractivity contribution in [2.24, 2.45) is 5.92 Å². The van der Waals surface area contributed by atoms with Gasteiger partial charge in [-0.05, 0) is 52.0 Å². The molecule has 2 saturated carbocycles. The van der Waals surface area contributed by atoms with E-state index in [9.17, 15) is 4.79 Å². The van der Waals surface area contributed by atoms with Gasteiger partial charge in [-0.15, -0.1) is 0 Å². The molecule has 8 nitrogen and oxygen atoms in total. The molecule has 2 aromatic heterocycles. The van der Waals surface area contributed by atoms with Crippen LogP contribution in [0.15, 0.2) is 29.4 Å². The summed E-state index contributed by atoms with van der Waals surface area (Å²) in [7, 11) is 2.04. The Morgan fingerprint density at radius 2 is 2.03 bits per heavy atom. The van der Waals surface area contributed by atoms with Crippen molar-refractivity contribution in [3.63, 3.8) is 0 Å². The molecular weight excluding hydrogens is 408 g/mol. The molecule has 0 aromatic carbocycles. The standard InChI is InChI=1S/C24H32N4O4/c1-16-21(15-30-17(2)28(3)19-8-4-5-9-19)24(27-32-16)22-12-26-23(13-25-22)31-20-10-6-7-18(11-20)14-29/h12-14,18-20H,2,4-11,15H2,1,3H3/t18-,20?/m0/s1. The van der Waals surface area contributed by atoms with E-state index < -0.39 is 0 Å². The molecule has 0 amide bonds. The van der Waals surface area contributed by atoms with E-state index >= 15 is 0 Å². The summed E-state index contributed by atoms with van der Waals surface area (Å²) in [5.74, 6) is 1.86. The lowest BCUT2D eigenvalue weighted by atomic mass is 9.88. The molecule has 1 unspecified atom stereocenters. The number of aryl methyl sites for hydroxylation is 1. The van der Waals surface area contributed by atoms with Crippen LogP contribution in [-0.4, -0.2) is 45.5 Å². The molecule has 2 aliphatic carbocycles. The van der Waals surface area contributed by atoms with Gasteiger partial charge in [-0.1, -0.05) is 18.0 Å². The Morgan fingerprint density at radius 1 is 1.22 bits per heavy atom. The minimum atomic E-state index is 0.000209. The second-order valence-electron chi connectivity index (χ2n) is 8.84. The first-order valence-corrected chi connectivity index (χ1v) is 11.5. The first kappa shape index (κ1) is 22.3. The fourth-order valence-electron chi connectivity index (χ4n) is 4.60. The molecule has 2 atom stereocenters. The van der Waals surface area contributed by atoms with Gasteiger partial charge in [0, 0.05) is 19.0 Å². The predicted molar refractivity (Wildman–Crippen MR) is 119 cm³/mol. The van der Waals surface area contributed by atoms with E-state index in [0.29, 0.717) is 41.6 Å². The van der Waals surface area contributed by atoms with E-state index in [4.69, 9.17) is 14.0 Å². The van der Waals surface area contributed by atoms with Gasteiger partial charge in [0.25, 0.3) is 0 Å². The van der Waals surface area contributed by atoms with Crippen LogP contribution in [0.5, 0.6) is 5.88 Å². The molecule has 0 saturated heterocycles. The average Bonchev–Trinajstić information content (AvgIpc) is 3.48. The third kappa shape index (κ3) is 5.11. The van der Waals surface area contributed by atoms with Crippen molar-refractivity contribution >= 4 is 6.29 Å². The SMILES string of the molecule is C=C(OCc1c(-c2cnc(OC3CCC[C@H](C=O)C3)cn2)noc1C)N(C)C1CCCC1. The number of nitrogens with zero attached hydrogens (tertiary/aromatic N) is 4. The van der Waals surface area contributed by atoms with E-state index in [1.165, 1.54) is 25.7 Å². The molecule has 0 N–H and O–H groups in total. The number of rotatable bonds is 9. The van der Waals surface area contributed by atoms with Gasteiger partial charge in [0.05, 0.1) is 18.0 Å². The summed E-state index contributed by atoms with van der Waals surface area (Å²) in [5, 5.41) is 4.17. The Bertz CT molecular complexity index is 921. The van der Waals surface area contributed by atoms with E-state index in [0.717, 1.165) is 37.5 Å². The normalized spacial score (nSPS) is 21.3. The van der Waals surface area contributed by atoms with Gasteiger partial charge in [0.1, 0.15) is 36.1 Å². The zero-order valence-corrected chi connectivity index (χ0v) is 19.0. The fourth-order valence-corrected chi connectivity index (χ4v) is 4.60. The van der Waals surface area contributed by atoms with Crippen LogP contribution < -0.4 is 4.74 Å². The smallest absolute Gasteiger partial charge is 0.232 e. The van der Waals surface area contributed by atoms with Gasteiger partial charge in [0.2, 0.25) is 5.88 Å². The quantitative estimate of drug-likeness (QED) is 0.418. The minimum absolute atomic E-state index is 0.000209. The highest BCUT2D eigenvalue weighted by atomic mass is 16.5. The lowest BCUT2D eigenvalue weighted by molar-refractivity contribution is -0.112. The van der Waals surface area contributed by atoms with Crippen molar-refractivity contribution in [3.8, 4) is 17.3 Å². The summed E-state index contributed by atoms with van der Waals surface area (Å²) in [4.78, 5) is 22.1. The van der Waals surface area contributed by atoms with Gasteiger partial charge in [-0.3, -0.25) is 0 Å². The summed E-state index contributed by atoms with van der Waals surface area (Å²) in [5.41, 5.74) is 2.03. The van der Waals surface area contributed by atoms with Gasteiger partial charge >= 0.3 is 0 Å². The second-order valence-corrected chi connectivity index (χ2v) is 8.84. The first-order valence-electron chi connectivity index (χ1n) is 11.5. The maximum Gasteiger partial charge on any atom is 0.232 e. The highest BCUT2D eigenvalue weighted by Crippen LogP contribution is 2.29. The predicted octanol–water partition coefficient (Wildman–Crippen LogP) is 4.44. The average molecular weight is 441 g/mol. The highest BCUT2D eigenvalue weighted by molar-refractivity contribution is 5.58. The van der Waals surface area contributed by atoms with Gasteiger partial charge in [0.15, 0.2) is 5.88 Å². The monoisotopic (exact) mass is 440 g/mol. The summed E-state index contributed by atoms with van der Waals surface area (Å²) in [6.45, 7) is 6.25. The minimum Gasteiger partial charge on any atom is -0.474 e. The van der Waals surface area contributed by atoms with Crippen LogP contribution >= 0.6 is 0 Å². The Labute approximate surface area is 189 Å². The Balaban J connectivity index is 1.38. The summed E-state index contributed by atoms with van der Waals surface area (Å²) < 4.78 is 17.3. The molecule has 0 radical (unpaired) electrons. The molecule has 32 heavy (non-hydrogen) atoms. The van der Waals surface area contributed by atoms with Crippen LogP contribution in [0.2, 0.25) is 0 Å². The lowest BCUT2D eigenvalue weighted by Gasteiger charge is -2.27. The van der Waals surface area contributed by atoms with Crippen LogP contribution in [-0.2, 0) is 16.1 Å². The van der Waals surface area contributed by atoms with E-state index in [1.807, 2.05) is 14.0 Å². The third-order valence-electron chi connectivity index (χ3n) is 6.65. The van der Waals surface area contributed by atoms with Crippen molar-refractivity contribution in [1.29, 1.82) is 0 Å². The number of carbonyl (C=O) groups is 1. The summed E-state index contributed by atoms with van der Waals surface area (Å²) >= 11 is 0. The van der Waals surface area contributed by atoms with Crippen LogP contribution in [0, 0.1) is 12.8 Å². The molecule has 0 aliphatic heterocycles. The zero-order valence-electron chi connectivity index (χ0n) is 19.0. The van der Waals surface area contributed by atoms with Gasteiger partial charge < -0.3 is 23.7 Å². The summed E-state index contributed by atoms with van der Waals surface area (Å²) in [6, 6.07) is 0.495. The van der Waals surface area contributed by atoms with Crippen molar-refractivity contribution < 1.29 is 18.8 Å². The lowest BCUT2D eigenvalue weighted by Crippen LogP contribution is -2.29. The largest absolute Gasteiger partial charge is 0.474 e. The Kier molecular flexibility index (Phi) is 7.07. The molecule has 172 valence electrons. The van der Waals surface area contributed by atoms with Crippen molar-refractivity contribution in [3.05, 3.63) is 36.2 Å². The third-order valence-corrected chi connectivity index (χ3v) is 6.65. The van der Waals surface area contributed by atoms with Crippen LogP contribution in [0.3, 0.4) is 0 Å². The molecule has 4 rings (SSSR count). The van der Waals surface area contributed by atoms with Crippen molar-refractivity contribution in [2.45, 2.75) is 77.0 Å². The van der Waals surface area contributed by atoms with E-state index in [1.54, 1.807) is 12.4 Å². The molecule has 2 aromatic rings. The molecular formula is C24H32N4O4. The molecule has 2 heterocycles. The van der Waals surface area contributed by atoms with Crippen molar-refractivity contribution in [2.75, 3.05) is 7.05 Å². The number of hydrogen-bond donors (Lipinski definition) is 0. The van der Waals surface area contributed by atoms with E-state index in [2.05, 4.69) is 26.6 Å². The van der Waals surface area contributed by atoms with Crippen LogP contribution in [0.4, 0.5) is 0 Å². The van der Waals surface area contributed by atoms with E-state index in [-0.39, 0.29) is 12.0 Å². The fraction of sp³-hybridized carbons (Fsp3) is 0.583. The number of aldehydes is 1. The zero-order chi connectivity index (χ0) is 22.5. The van der Waals surface area contributed by atoms with Gasteiger partial charge in [-0.25, -0.2) is 9.97 Å². The Hall–Kier alpha value is -2.90. The molecule has 2 aliphatic rings.